The number of fused-ring (bicyclic) bond motifs is 1. The molecular weight excluding hydrogens is 370 g/mol. The minimum atomic E-state index is -0.0358. The van der Waals surface area contributed by atoms with Crippen LogP contribution in [0.5, 0.6) is 0 Å². The first-order chi connectivity index (χ1) is 14.7. The lowest BCUT2D eigenvalue weighted by molar-refractivity contribution is 0.0951. The van der Waals surface area contributed by atoms with Crippen molar-refractivity contribution in [1.82, 2.24) is 15.2 Å². The lowest BCUT2D eigenvalue weighted by Crippen LogP contribution is -2.30. The van der Waals surface area contributed by atoms with Crippen LogP contribution in [0.2, 0.25) is 0 Å². The maximum Gasteiger partial charge on any atom is 0.251 e. The number of amides is 1. The van der Waals surface area contributed by atoms with Crippen LogP contribution in [0.1, 0.15) is 48.2 Å². The fraction of sp³-hybridized carbons (Fsp3) is 0.308. The second-order valence-electron chi connectivity index (χ2n) is 7.28. The molecule has 1 aromatic heterocycles. The lowest BCUT2D eigenvalue weighted by atomic mass is 10.1. The van der Waals surface area contributed by atoms with Crippen LogP contribution in [0.3, 0.4) is 0 Å². The second kappa shape index (κ2) is 11.1. The van der Waals surface area contributed by atoms with Gasteiger partial charge in [0.2, 0.25) is 0 Å². The van der Waals surface area contributed by atoms with Crippen molar-refractivity contribution in [3.63, 3.8) is 0 Å². The summed E-state index contributed by atoms with van der Waals surface area (Å²) in [5.41, 5.74) is 2.44. The Morgan fingerprint density at radius 1 is 1.00 bits per heavy atom. The number of carbonyl (C=O) groups excluding carboxylic acids is 1. The molecule has 0 aliphatic carbocycles. The highest BCUT2D eigenvalue weighted by atomic mass is 16.1. The first kappa shape index (κ1) is 21.5. The SMILES string of the molecule is CCCN(CC)CCCNC(=O)c1ccc(C#Cc2cncc3ccccc23)cc1. The van der Waals surface area contributed by atoms with Crippen LogP contribution in [0, 0.1) is 11.8 Å². The monoisotopic (exact) mass is 399 g/mol. The summed E-state index contributed by atoms with van der Waals surface area (Å²) in [6.07, 6.45) is 5.75. The van der Waals surface area contributed by atoms with Crippen LogP contribution in [0.25, 0.3) is 10.8 Å². The molecule has 0 radical (unpaired) electrons. The number of carbonyl (C=O) groups is 1. The van der Waals surface area contributed by atoms with E-state index in [4.69, 9.17) is 0 Å². The Balaban J connectivity index is 1.56. The quantitative estimate of drug-likeness (QED) is 0.448. The number of nitrogens with one attached hydrogen (secondary N) is 1. The van der Waals surface area contributed by atoms with E-state index in [-0.39, 0.29) is 5.91 Å². The summed E-state index contributed by atoms with van der Waals surface area (Å²) in [7, 11) is 0. The molecule has 0 saturated carbocycles. The topological polar surface area (TPSA) is 45.2 Å². The van der Waals surface area contributed by atoms with Crippen molar-refractivity contribution in [2.75, 3.05) is 26.2 Å². The largest absolute Gasteiger partial charge is 0.352 e. The van der Waals surface area contributed by atoms with Crippen LogP contribution >= 0.6 is 0 Å². The van der Waals surface area contributed by atoms with E-state index in [1.807, 2.05) is 48.7 Å². The van der Waals surface area contributed by atoms with Crippen molar-refractivity contribution < 1.29 is 4.79 Å². The van der Waals surface area contributed by atoms with E-state index in [0.717, 1.165) is 54.4 Å². The van der Waals surface area contributed by atoms with Crippen molar-refractivity contribution in [3.8, 4) is 11.8 Å². The van der Waals surface area contributed by atoms with Gasteiger partial charge < -0.3 is 10.2 Å². The van der Waals surface area contributed by atoms with Crippen molar-refractivity contribution >= 4 is 16.7 Å². The average molecular weight is 400 g/mol. The van der Waals surface area contributed by atoms with Crippen LogP contribution < -0.4 is 5.32 Å². The highest BCUT2D eigenvalue weighted by Gasteiger charge is 2.05. The van der Waals surface area contributed by atoms with Crippen molar-refractivity contribution in [2.45, 2.75) is 26.7 Å². The predicted octanol–water partition coefficient (Wildman–Crippen LogP) is 4.49. The van der Waals surface area contributed by atoms with Crippen molar-refractivity contribution in [2.24, 2.45) is 0 Å². The molecule has 0 fully saturated rings. The number of hydrogen-bond donors (Lipinski definition) is 1. The third-order valence-electron chi connectivity index (χ3n) is 5.08. The van der Waals surface area contributed by atoms with Gasteiger partial charge in [-0.15, -0.1) is 0 Å². The predicted molar refractivity (Wildman–Crippen MR) is 124 cm³/mol. The van der Waals surface area contributed by atoms with Crippen LogP contribution in [0.4, 0.5) is 0 Å². The van der Waals surface area contributed by atoms with Gasteiger partial charge in [-0.05, 0) is 56.7 Å². The summed E-state index contributed by atoms with van der Waals surface area (Å²) in [4.78, 5) is 19.0. The normalized spacial score (nSPS) is 10.6. The number of pyridine rings is 1. The molecule has 30 heavy (non-hydrogen) atoms. The van der Waals surface area contributed by atoms with Gasteiger partial charge in [-0.1, -0.05) is 50.0 Å². The van der Waals surface area contributed by atoms with Crippen LogP contribution in [-0.4, -0.2) is 42.0 Å². The highest BCUT2D eigenvalue weighted by Crippen LogP contribution is 2.16. The van der Waals surface area contributed by atoms with E-state index in [1.165, 1.54) is 0 Å². The second-order valence-corrected chi connectivity index (χ2v) is 7.28. The standard InChI is InChI=1S/C26H29N3O/c1-3-17-29(4-2)18-7-16-28-26(30)22-13-10-21(11-14-22)12-15-24-20-27-19-23-8-5-6-9-25(23)24/h5-6,8-11,13-14,19-20H,3-4,7,16-18H2,1-2H3,(H,28,30). The minimum Gasteiger partial charge on any atom is -0.352 e. The number of benzene rings is 2. The Kier molecular flexibility index (Phi) is 8.00. The molecule has 154 valence electrons. The zero-order valence-electron chi connectivity index (χ0n) is 17.8. The Bertz CT molecular complexity index is 1030. The molecule has 0 saturated heterocycles. The maximum absolute atomic E-state index is 12.4. The van der Waals surface area contributed by atoms with E-state index in [0.29, 0.717) is 12.1 Å². The fourth-order valence-corrected chi connectivity index (χ4v) is 3.41. The number of rotatable bonds is 8. The van der Waals surface area contributed by atoms with Crippen molar-refractivity contribution in [3.05, 3.63) is 77.6 Å². The number of aromatic nitrogens is 1. The lowest BCUT2D eigenvalue weighted by Gasteiger charge is -2.19. The molecule has 2 aromatic carbocycles. The van der Waals surface area contributed by atoms with E-state index in [2.05, 4.69) is 47.0 Å². The Morgan fingerprint density at radius 2 is 1.80 bits per heavy atom. The van der Waals surface area contributed by atoms with Gasteiger partial charge in [-0.3, -0.25) is 9.78 Å². The van der Waals surface area contributed by atoms with Crippen LogP contribution in [-0.2, 0) is 0 Å². The first-order valence-corrected chi connectivity index (χ1v) is 10.7. The molecule has 1 N–H and O–H groups in total. The Labute approximate surface area is 179 Å². The Morgan fingerprint density at radius 3 is 2.57 bits per heavy atom. The fourth-order valence-electron chi connectivity index (χ4n) is 3.41. The maximum atomic E-state index is 12.4. The molecule has 0 unspecified atom stereocenters. The zero-order valence-corrected chi connectivity index (χ0v) is 17.8. The van der Waals surface area contributed by atoms with Crippen LogP contribution in [0.15, 0.2) is 60.9 Å². The summed E-state index contributed by atoms with van der Waals surface area (Å²) in [5.74, 6) is 6.34. The molecule has 0 bridgehead atoms. The molecule has 1 amide bonds. The van der Waals surface area contributed by atoms with Gasteiger partial charge in [0.15, 0.2) is 0 Å². The number of nitrogens with zero attached hydrogens (tertiary/aromatic N) is 2. The molecule has 1 heterocycles. The molecule has 0 atom stereocenters. The molecular formula is C26H29N3O. The molecule has 4 heteroatoms. The van der Waals surface area contributed by atoms with Gasteiger partial charge in [0.1, 0.15) is 0 Å². The average Bonchev–Trinajstić information content (AvgIpc) is 2.79. The van der Waals surface area contributed by atoms with Gasteiger partial charge in [0.25, 0.3) is 5.91 Å². The van der Waals surface area contributed by atoms with Gasteiger partial charge in [-0.2, -0.15) is 0 Å². The highest BCUT2D eigenvalue weighted by molar-refractivity contribution is 5.94. The van der Waals surface area contributed by atoms with E-state index < -0.39 is 0 Å². The molecule has 0 spiro atoms. The first-order valence-electron chi connectivity index (χ1n) is 10.7. The third kappa shape index (κ3) is 5.92. The van der Waals surface area contributed by atoms with Gasteiger partial charge >= 0.3 is 0 Å². The summed E-state index contributed by atoms with van der Waals surface area (Å²) < 4.78 is 0. The third-order valence-corrected chi connectivity index (χ3v) is 5.08. The number of hydrogen-bond acceptors (Lipinski definition) is 3. The Hall–Kier alpha value is -3.16. The van der Waals surface area contributed by atoms with Gasteiger partial charge in [0, 0.05) is 40.8 Å². The molecule has 4 nitrogen and oxygen atoms in total. The molecule has 3 rings (SSSR count). The van der Waals surface area contributed by atoms with Crippen molar-refractivity contribution in [1.29, 1.82) is 0 Å². The molecule has 0 aliphatic rings. The molecule has 3 aromatic rings. The van der Waals surface area contributed by atoms with Gasteiger partial charge in [0.05, 0.1) is 5.56 Å². The molecule has 0 aliphatic heterocycles. The van der Waals surface area contributed by atoms with E-state index in [1.54, 1.807) is 6.20 Å². The summed E-state index contributed by atoms with van der Waals surface area (Å²) in [5, 5.41) is 5.18. The summed E-state index contributed by atoms with van der Waals surface area (Å²) in [6.45, 7) is 8.24. The minimum absolute atomic E-state index is 0.0358. The summed E-state index contributed by atoms with van der Waals surface area (Å²) in [6, 6.07) is 15.5. The summed E-state index contributed by atoms with van der Waals surface area (Å²) >= 11 is 0. The zero-order chi connectivity index (χ0) is 21.2. The van der Waals surface area contributed by atoms with E-state index in [9.17, 15) is 4.79 Å². The smallest absolute Gasteiger partial charge is 0.251 e. The van der Waals surface area contributed by atoms with E-state index >= 15 is 0 Å². The van der Waals surface area contributed by atoms with Gasteiger partial charge in [-0.25, -0.2) is 0 Å².